The highest BCUT2D eigenvalue weighted by Crippen LogP contribution is 2.32. The lowest BCUT2D eigenvalue weighted by molar-refractivity contribution is 0.386. The molecule has 0 amide bonds. The van der Waals surface area contributed by atoms with Crippen molar-refractivity contribution in [3.63, 3.8) is 0 Å². The topological polar surface area (TPSA) is 40.6 Å². The van der Waals surface area contributed by atoms with Gasteiger partial charge in [0.25, 0.3) is 0 Å². The van der Waals surface area contributed by atoms with E-state index in [9.17, 15) is 8.42 Å². The fourth-order valence-electron chi connectivity index (χ4n) is 3.80. The van der Waals surface area contributed by atoms with Gasteiger partial charge in [0, 0.05) is 43.6 Å². The summed E-state index contributed by atoms with van der Waals surface area (Å²) in [5.74, 6) is 0. The molecule has 2 aromatic carbocycles. The second-order valence-electron chi connectivity index (χ2n) is 8.05. The molecule has 2 aromatic rings. The van der Waals surface area contributed by atoms with E-state index in [1.54, 1.807) is 10.4 Å². The molecule has 0 spiro atoms. The molecule has 0 unspecified atom stereocenters. The molecule has 0 atom stereocenters. The van der Waals surface area contributed by atoms with Crippen LogP contribution < -0.4 is 4.90 Å². The standard InChI is InChI=1S/C24H38N2O2S/c1-5-7-9-11-19-26(20-12-10-8-6-2)29(27,28)24-18-14-15-21-22(24)16-13-17-23(21)25(3)4/h13-18H,5-12,19-20H2,1-4H3. The first-order chi connectivity index (χ1) is 13.9. The van der Waals surface area contributed by atoms with Gasteiger partial charge in [-0.25, -0.2) is 8.42 Å². The molecular weight excluding hydrogens is 380 g/mol. The van der Waals surface area contributed by atoms with Crippen LogP contribution >= 0.6 is 0 Å². The molecule has 2 rings (SSSR count). The van der Waals surface area contributed by atoms with E-state index < -0.39 is 10.0 Å². The van der Waals surface area contributed by atoms with E-state index in [0.29, 0.717) is 18.0 Å². The number of fused-ring (bicyclic) bond motifs is 1. The van der Waals surface area contributed by atoms with Crippen LogP contribution in [0.1, 0.15) is 65.2 Å². The van der Waals surface area contributed by atoms with E-state index in [1.165, 1.54) is 0 Å². The average molecular weight is 419 g/mol. The van der Waals surface area contributed by atoms with Crippen molar-refractivity contribution in [3.8, 4) is 0 Å². The normalized spacial score (nSPS) is 12.0. The zero-order chi connectivity index (χ0) is 21.3. The second kappa shape index (κ2) is 11.6. The Balaban J connectivity index is 2.37. The maximum absolute atomic E-state index is 13.7. The van der Waals surface area contributed by atoms with Gasteiger partial charge in [0.1, 0.15) is 0 Å². The molecule has 5 heteroatoms. The smallest absolute Gasteiger partial charge is 0.243 e. The van der Waals surface area contributed by atoms with Crippen molar-refractivity contribution in [2.45, 2.75) is 70.1 Å². The summed E-state index contributed by atoms with van der Waals surface area (Å²) < 4.78 is 29.1. The maximum Gasteiger partial charge on any atom is 0.243 e. The molecule has 0 saturated carbocycles. The Morgan fingerprint density at radius 1 is 0.724 bits per heavy atom. The quantitative estimate of drug-likeness (QED) is 0.371. The van der Waals surface area contributed by atoms with Crippen molar-refractivity contribution >= 4 is 26.5 Å². The lowest BCUT2D eigenvalue weighted by Crippen LogP contribution is -2.33. The highest BCUT2D eigenvalue weighted by molar-refractivity contribution is 7.89. The van der Waals surface area contributed by atoms with Gasteiger partial charge in [-0.05, 0) is 25.0 Å². The SMILES string of the molecule is CCCCCCN(CCCCCC)S(=O)(=O)c1cccc2c(N(C)C)cccc12. The zero-order valence-corrected chi connectivity index (χ0v) is 19.5. The largest absolute Gasteiger partial charge is 0.377 e. The van der Waals surface area contributed by atoms with Crippen LogP contribution in [0.4, 0.5) is 5.69 Å². The Morgan fingerprint density at radius 2 is 1.28 bits per heavy atom. The van der Waals surface area contributed by atoms with Crippen LogP contribution in [0.3, 0.4) is 0 Å². The Hall–Kier alpha value is -1.59. The second-order valence-corrected chi connectivity index (χ2v) is 9.95. The highest BCUT2D eigenvalue weighted by Gasteiger charge is 2.26. The van der Waals surface area contributed by atoms with Gasteiger partial charge in [-0.1, -0.05) is 76.6 Å². The third-order valence-corrected chi connectivity index (χ3v) is 7.44. The van der Waals surface area contributed by atoms with E-state index in [0.717, 1.165) is 67.8 Å². The van der Waals surface area contributed by atoms with Gasteiger partial charge < -0.3 is 4.90 Å². The first-order valence-corrected chi connectivity index (χ1v) is 12.6. The van der Waals surface area contributed by atoms with Crippen LogP contribution in [0.5, 0.6) is 0 Å². The van der Waals surface area contributed by atoms with E-state index in [1.807, 2.05) is 49.3 Å². The predicted octanol–water partition coefficient (Wildman–Crippen LogP) is 6.06. The lowest BCUT2D eigenvalue weighted by Gasteiger charge is -2.24. The van der Waals surface area contributed by atoms with Crippen molar-refractivity contribution in [2.24, 2.45) is 0 Å². The molecule has 0 aliphatic carbocycles. The lowest BCUT2D eigenvalue weighted by atomic mass is 10.1. The number of nitrogens with zero attached hydrogens (tertiary/aromatic N) is 2. The summed E-state index contributed by atoms with van der Waals surface area (Å²) in [6, 6.07) is 11.6. The first kappa shape index (κ1) is 23.7. The Bertz CT molecular complexity index is 850. The third kappa shape index (κ3) is 6.19. The average Bonchev–Trinajstić information content (AvgIpc) is 2.71. The molecule has 4 nitrogen and oxygen atoms in total. The molecular formula is C24H38N2O2S. The number of sulfonamides is 1. The third-order valence-electron chi connectivity index (χ3n) is 5.48. The van der Waals surface area contributed by atoms with Crippen molar-refractivity contribution in [1.29, 1.82) is 0 Å². The Kier molecular flexibility index (Phi) is 9.44. The maximum atomic E-state index is 13.7. The number of hydrogen-bond acceptors (Lipinski definition) is 3. The molecule has 29 heavy (non-hydrogen) atoms. The number of unbranched alkanes of at least 4 members (excludes halogenated alkanes) is 6. The molecule has 0 radical (unpaired) electrons. The van der Waals surface area contributed by atoms with Gasteiger partial charge in [-0.2, -0.15) is 4.31 Å². The van der Waals surface area contributed by atoms with Crippen LogP contribution in [0.2, 0.25) is 0 Å². The van der Waals surface area contributed by atoms with Gasteiger partial charge in [0.2, 0.25) is 10.0 Å². The molecule has 0 aromatic heterocycles. The molecule has 0 N–H and O–H groups in total. The van der Waals surface area contributed by atoms with E-state index >= 15 is 0 Å². The molecule has 0 saturated heterocycles. The van der Waals surface area contributed by atoms with Gasteiger partial charge >= 0.3 is 0 Å². The number of benzene rings is 2. The molecule has 0 bridgehead atoms. The summed E-state index contributed by atoms with van der Waals surface area (Å²) in [5.41, 5.74) is 1.04. The summed E-state index contributed by atoms with van der Waals surface area (Å²) in [6.07, 6.45) is 8.63. The predicted molar refractivity (Wildman–Crippen MR) is 125 cm³/mol. The number of anilines is 1. The number of hydrogen-bond donors (Lipinski definition) is 0. The molecule has 0 aliphatic rings. The van der Waals surface area contributed by atoms with Crippen molar-refractivity contribution in [3.05, 3.63) is 36.4 Å². The number of rotatable bonds is 13. The van der Waals surface area contributed by atoms with Gasteiger partial charge in [0.05, 0.1) is 4.90 Å². The zero-order valence-electron chi connectivity index (χ0n) is 18.7. The molecule has 0 fully saturated rings. The fraction of sp³-hybridized carbons (Fsp3) is 0.583. The van der Waals surface area contributed by atoms with Crippen molar-refractivity contribution in [2.75, 3.05) is 32.1 Å². The molecule has 0 heterocycles. The van der Waals surface area contributed by atoms with Crippen LogP contribution in [0, 0.1) is 0 Å². The van der Waals surface area contributed by atoms with Crippen molar-refractivity contribution in [1.82, 2.24) is 4.31 Å². The summed E-state index contributed by atoms with van der Waals surface area (Å²) in [5, 5.41) is 1.79. The van der Waals surface area contributed by atoms with E-state index in [-0.39, 0.29) is 0 Å². The minimum Gasteiger partial charge on any atom is -0.377 e. The van der Waals surface area contributed by atoms with Crippen molar-refractivity contribution < 1.29 is 8.42 Å². The van der Waals surface area contributed by atoms with Crippen LogP contribution in [0.15, 0.2) is 41.3 Å². The summed E-state index contributed by atoms with van der Waals surface area (Å²) in [6.45, 7) is 5.58. The summed E-state index contributed by atoms with van der Waals surface area (Å²) >= 11 is 0. The Labute approximate surface area is 178 Å². The fourth-order valence-corrected chi connectivity index (χ4v) is 5.52. The molecule has 0 aliphatic heterocycles. The van der Waals surface area contributed by atoms with Crippen LogP contribution in [-0.2, 0) is 10.0 Å². The minimum absolute atomic E-state index is 0.435. The van der Waals surface area contributed by atoms with E-state index in [2.05, 4.69) is 13.8 Å². The molecule has 162 valence electrons. The van der Waals surface area contributed by atoms with Crippen LogP contribution in [0.25, 0.3) is 10.8 Å². The summed E-state index contributed by atoms with van der Waals surface area (Å²) in [7, 11) is 0.450. The first-order valence-electron chi connectivity index (χ1n) is 11.1. The highest BCUT2D eigenvalue weighted by atomic mass is 32.2. The Morgan fingerprint density at radius 3 is 1.83 bits per heavy atom. The van der Waals surface area contributed by atoms with E-state index in [4.69, 9.17) is 0 Å². The minimum atomic E-state index is -3.53. The van der Waals surface area contributed by atoms with Crippen LogP contribution in [-0.4, -0.2) is 39.9 Å². The van der Waals surface area contributed by atoms with Gasteiger partial charge in [-0.15, -0.1) is 0 Å². The monoisotopic (exact) mass is 418 g/mol. The summed E-state index contributed by atoms with van der Waals surface area (Å²) in [4.78, 5) is 2.47. The van der Waals surface area contributed by atoms with Gasteiger partial charge in [0.15, 0.2) is 0 Å². The van der Waals surface area contributed by atoms with Gasteiger partial charge in [-0.3, -0.25) is 0 Å².